The summed E-state index contributed by atoms with van der Waals surface area (Å²) in [5.41, 5.74) is 1.98. The third kappa shape index (κ3) is 12.2. The number of benzene rings is 2. The number of hydrogen-bond donors (Lipinski definition) is 1. The van der Waals surface area contributed by atoms with Gasteiger partial charge in [-0.25, -0.2) is 0 Å². The van der Waals surface area contributed by atoms with Gasteiger partial charge in [-0.3, -0.25) is 14.4 Å². The van der Waals surface area contributed by atoms with Gasteiger partial charge in [0.15, 0.2) is 0 Å². The zero-order chi connectivity index (χ0) is 29.2. The van der Waals surface area contributed by atoms with E-state index in [4.69, 9.17) is 9.47 Å². The molecule has 3 amide bonds. The smallest absolute Gasteiger partial charge is 0.244 e. The van der Waals surface area contributed by atoms with Crippen molar-refractivity contribution in [3.8, 4) is 11.5 Å². The second kappa shape index (κ2) is 18.3. The predicted octanol–water partition coefficient (Wildman–Crippen LogP) is 4.85. The van der Waals surface area contributed by atoms with E-state index in [0.717, 1.165) is 35.5 Å². The molecule has 0 saturated carbocycles. The molecule has 0 aromatic heterocycles. The Labute approximate surface area is 238 Å². The number of allylic oxidation sites excluding steroid dienone is 1. The Morgan fingerprint density at radius 1 is 0.850 bits per heavy atom. The van der Waals surface area contributed by atoms with E-state index in [1.165, 1.54) is 6.08 Å². The molecule has 2 aromatic carbocycles. The number of nitrogens with zero attached hydrogens (tertiary/aromatic N) is 2. The summed E-state index contributed by atoms with van der Waals surface area (Å²) in [4.78, 5) is 40.7. The molecule has 0 spiro atoms. The van der Waals surface area contributed by atoms with Crippen LogP contribution in [0.25, 0.3) is 6.08 Å². The van der Waals surface area contributed by atoms with Crippen molar-refractivity contribution < 1.29 is 23.9 Å². The van der Waals surface area contributed by atoms with Crippen LogP contribution in [0.2, 0.25) is 0 Å². The van der Waals surface area contributed by atoms with Crippen molar-refractivity contribution in [2.24, 2.45) is 0 Å². The van der Waals surface area contributed by atoms with Gasteiger partial charge in [-0.1, -0.05) is 30.3 Å². The average molecular weight is 550 g/mol. The fraction of sp³-hybridized carbons (Fsp3) is 0.406. The number of amides is 3. The molecule has 8 heteroatoms. The molecule has 0 radical (unpaired) electrons. The summed E-state index contributed by atoms with van der Waals surface area (Å²) in [6.45, 7) is 5.67. The molecular formula is C32H43N3O5. The molecule has 0 heterocycles. The first-order chi connectivity index (χ1) is 19.4. The van der Waals surface area contributed by atoms with Gasteiger partial charge >= 0.3 is 0 Å². The van der Waals surface area contributed by atoms with Crippen molar-refractivity contribution >= 4 is 23.8 Å². The minimum Gasteiger partial charge on any atom is -0.497 e. The van der Waals surface area contributed by atoms with Gasteiger partial charge in [-0.05, 0) is 74.1 Å². The Bertz CT molecular complexity index is 1110. The molecule has 2 aromatic rings. The number of rotatable bonds is 17. The Morgan fingerprint density at radius 2 is 1.45 bits per heavy atom. The highest BCUT2D eigenvalue weighted by Gasteiger charge is 2.14. The molecule has 40 heavy (non-hydrogen) atoms. The maximum atomic E-state index is 13.1. The lowest BCUT2D eigenvalue weighted by atomic mass is 10.1. The zero-order valence-corrected chi connectivity index (χ0v) is 24.2. The van der Waals surface area contributed by atoms with Crippen LogP contribution in [0, 0.1) is 0 Å². The fourth-order valence-electron chi connectivity index (χ4n) is 4.09. The summed E-state index contributed by atoms with van der Waals surface area (Å²) < 4.78 is 10.4. The Kier molecular flexibility index (Phi) is 14.7. The van der Waals surface area contributed by atoms with Gasteiger partial charge in [0, 0.05) is 51.8 Å². The highest BCUT2D eigenvalue weighted by molar-refractivity contribution is 5.91. The summed E-state index contributed by atoms with van der Waals surface area (Å²) >= 11 is 0. The summed E-state index contributed by atoms with van der Waals surface area (Å²) in [5, 5.41) is 2.90. The topological polar surface area (TPSA) is 88.2 Å². The van der Waals surface area contributed by atoms with Gasteiger partial charge in [0.25, 0.3) is 0 Å². The Hall–Kier alpha value is -4.07. The van der Waals surface area contributed by atoms with E-state index in [1.807, 2.05) is 66.4 Å². The Balaban J connectivity index is 1.86. The quantitative estimate of drug-likeness (QED) is 0.225. The van der Waals surface area contributed by atoms with E-state index in [9.17, 15) is 14.4 Å². The van der Waals surface area contributed by atoms with Crippen LogP contribution in [0.3, 0.4) is 0 Å². The molecule has 0 aliphatic heterocycles. The van der Waals surface area contributed by atoms with Crippen molar-refractivity contribution in [1.29, 1.82) is 0 Å². The molecule has 0 atom stereocenters. The van der Waals surface area contributed by atoms with Crippen LogP contribution in [0.4, 0.5) is 0 Å². The molecule has 1 N–H and O–H groups in total. The summed E-state index contributed by atoms with van der Waals surface area (Å²) in [6, 6.07) is 15.2. The second-order valence-corrected chi connectivity index (χ2v) is 9.38. The third-order valence-electron chi connectivity index (χ3n) is 6.40. The maximum Gasteiger partial charge on any atom is 0.244 e. The standard InChI is InChI=1S/C32H43N3O5/c1-5-22-34(26(2)36)23-6-7-24-35(32(38)20-14-28-11-17-30(40-4)18-12-28)25-8-21-33-31(37)19-13-27-9-15-29(39-3)16-10-27/h5,9-13,15-19,22H,6-8,14,20-21,23-25H2,1-4H3,(H,33,37)/b19-13+,22-5-. The SMILES string of the molecule is C/C=C\N(CCCCN(CCCNC(=O)/C=C/c1ccc(OC)cc1)C(=O)CCc1ccc(OC)cc1)C(C)=O. The molecule has 2 rings (SSSR count). The van der Waals surface area contributed by atoms with Crippen molar-refractivity contribution in [2.45, 2.75) is 46.0 Å². The van der Waals surface area contributed by atoms with Crippen molar-refractivity contribution in [2.75, 3.05) is 40.4 Å². The maximum absolute atomic E-state index is 13.1. The van der Waals surface area contributed by atoms with Crippen LogP contribution < -0.4 is 14.8 Å². The van der Waals surface area contributed by atoms with Crippen molar-refractivity contribution in [3.63, 3.8) is 0 Å². The predicted molar refractivity (Wildman–Crippen MR) is 159 cm³/mol. The van der Waals surface area contributed by atoms with E-state index < -0.39 is 0 Å². The lowest BCUT2D eigenvalue weighted by molar-refractivity contribution is -0.131. The highest BCUT2D eigenvalue weighted by atomic mass is 16.5. The van der Waals surface area contributed by atoms with E-state index >= 15 is 0 Å². The lowest BCUT2D eigenvalue weighted by Gasteiger charge is -2.24. The minimum absolute atomic E-state index is 0.00214. The van der Waals surface area contributed by atoms with Crippen LogP contribution in [0.15, 0.2) is 66.9 Å². The monoisotopic (exact) mass is 549 g/mol. The van der Waals surface area contributed by atoms with Gasteiger partial charge in [0.05, 0.1) is 14.2 Å². The van der Waals surface area contributed by atoms with Crippen LogP contribution in [0.5, 0.6) is 11.5 Å². The first-order valence-electron chi connectivity index (χ1n) is 13.8. The molecule has 0 aliphatic carbocycles. The van der Waals surface area contributed by atoms with E-state index in [0.29, 0.717) is 45.4 Å². The average Bonchev–Trinajstić information content (AvgIpc) is 2.97. The number of aryl methyl sites for hydroxylation is 1. The largest absolute Gasteiger partial charge is 0.497 e. The van der Waals surface area contributed by atoms with Crippen LogP contribution >= 0.6 is 0 Å². The van der Waals surface area contributed by atoms with Crippen LogP contribution in [0.1, 0.15) is 50.7 Å². The third-order valence-corrected chi connectivity index (χ3v) is 6.40. The number of hydrogen-bond acceptors (Lipinski definition) is 5. The molecule has 216 valence electrons. The fourth-order valence-corrected chi connectivity index (χ4v) is 4.09. The van der Waals surface area contributed by atoms with Gasteiger partial charge in [0.1, 0.15) is 11.5 Å². The minimum atomic E-state index is -0.179. The van der Waals surface area contributed by atoms with E-state index in [-0.39, 0.29) is 17.7 Å². The molecule has 0 saturated heterocycles. The lowest BCUT2D eigenvalue weighted by Crippen LogP contribution is -2.35. The molecule has 8 nitrogen and oxygen atoms in total. The van der Waals surface area contributed by atoms with Crippen molar-refractivity contribution in [1.82, 2.24) is 15.1 Å². The van der Waals surface area contributed by atoms with Gasteiger partial charge < -0.3 is 24.6 Å². The van der Waals surface area contributed by atoms with Crippen LogP contribution in [-0.2, 0) is 20.8 Å². The highest BCUT2D eigenvalue weighted by Crippen LogP contribution is 2.14. The Morgan fingerprint density at radius 3 is 2.05 bits per heavy atom. The van der Waals surface area contributed by atoms with Crippen molar-refractivity contribution in [3.05, 3.63) is 78.0 Å². The molecule has 0 fully saturated rings. The number of carbonyl (C=O) groups is 3. The van der Waals surface area contributed by atoms with Gasteiger partial charge in [-0.2, -0.15) is 0 Å². The normalized spacial score (nSPS) is 11.0. The van der Waals surface area contributed by atoms with E-state index in [1.54, 1.807) is 38.3 Å². The molecule has 0 aliphatic rings. The number of ether oxygens (including phenoxy) is 2. The first kappa shape index (κ1) is 32.1. The molecular weight excluding hydrogens is 506 g/mol. The number of nitrogens with one attached hydrogen (secondary N) is 1. The first-order valence-corrected chi connectivity index (χ1v) is 13.8. The van der Waals surface area contributed by atoms with E-state index in [2.05, 4.69) is 5.32 Å². The summed E-state index contributed by atoms with van der Waals surface area (Å²) in [7, 11) is 3.24. The summed E-state index contributed by atoms with van der Waals surface area (Å²) in [5.74, 6) is 1.45. The molecule has 0 bridgehead atoms. The summed E-state index contributed by atoms with van der Waals surface area (Å²) in [6.07, 6.45) is 10.2. The van der Waals surface area contributed by atoms with Crippen LogP contribution in [-0.4, -0.2) is 67.9 Å². The van der Waals surface area contributed by atoms with Gasteiger partial charge in [0.2, 0.25) is 17.7 Å². The molecule has 0 unspecified atom stereocenters. The van der Waals surface area contributed by atoms with Gasteiger partial charge in [-0.15, -0.1) is 0 Å². The number of unbranched alkanes of at least 4 members (excludes halogenated alkanes) is 1. The number of carbonyl (C=O) groups excluding carboxylic acids is 3. The second-order valence-electron chi connectivity index (χ2n) is 9.38. The zero-order valence-electron chi connectivity index (χ0n) is 24.2. The number of methoxy groups -OCH3 is 2.